The highest BCUT2D eigenvalue weighted by Crippen LogP contribution is 2.11. The molecule has 0 spiro atoms. The summed E-state index contributed by atoms with van der Waals surface area (Å²) in [7, 11) is 0. The summed E-state index contributed by atoms with van der Waals surface area (Å²) < 4.78 is 35.3. The third-order valence-electron chi connectivity index (χ3n) is 1.93. The Labute approximate surface area is 105 Å². The molecule has 0 bridgehead atoms. The highest BCUT2D eigenvalue weighted by Gasteiger charge is 2.28. The van der Waals surface area contributed by atoms with Crippen LogP contribution in [-0.2, 0) is 16.0 Å². The van der Waals surface area contributed by atoms with E-state index < -0.39 is 24.5 Å². The molecule has 1 aromatic heterocycles. The summed E-state index contributed by atoms with van der Waals surface area (Å²) in [5.74, 6) is -2.34. The molecular weight excluding hydrogens is 269 g/mol. The third-order valence-corrected chi connectivity index (χ3v) is 2.67. The molecule has 1 heterocycles. The Balaban J connectivity index is 2.22. The zero-order valence-corrected chi connectivity index (χ0v) is 10.0. The van der Waals surface area contributed by atoms with E-state index in [0.29, 0.717) is 6.42 Å². The summed E-state index contributed by atoms with van der Waals surface area (Å²) in [4.78, 5) is 22.1. The Morgan fingerprint density at radius 2 is 1.89 bits per heavy atom. The van der Waals surface area contributed by atoms with Gasteiger partial charge in [0, 0.05) is 6.54 Å². The molecule has 2 N–H and O–H groups in total. The van der Waals surface area contributed by atoms with Crippen molar-refractivity contribution in [2.75, 3.05) is 13.1 Å². The van der Waals surface area contributed by atoms with Crippen molar-refractivity contribution >= 4 is 23.2 Å². The number of carbonyl (C=O) groups excluding carboxylic acids is 2. The van der Waals surface area contributed by atoms with E-state index in [1.54, 1.807) is 0 Å². The Hall–Kier alpha value is -1.57. The van der Waals surface area contributed by atoms with Gasteiger partial charge in [-0.25, -0.2) is 0 Å². The number of nitrogens with one attached hydrogen (secondary N) is 2. The van der Waals surface area contributed by atoms with E-state index in [1.165, 1.54) is 16.7 Å². The van der Waals surface area contributed by atoms with Crippen LogP contribution in [-0.4, -0.2) is 31.1 Å². The lowest BCUT2D eigenvalue weighted by atomic mass is 10.2. The van der Waals surface area contributed by atoms with Crippen LogP contribution in [0.15, 0.2) is 16.8 Å². The lowest BCUT2D eigenvalue weighted by Crippen LogP contribution is -2.43. The van der Waals surface area contributed by atoms with Crippen LogP contribution in [0, 0.1) is 0 Å². The Morgan fingerprint density at radius 3 is 2.44 bits per heavy atom. The molecule has 0 aromatic carbocycles. The molecule has 100 valence electrons. The minimum Gasteiger partial charge on any atom is -0.348 e. The first-order chi connectivity index (χ1) is 8.38. The summed E-state index contributed by atoms with van der Waals surface area (Å²) in [6, 6.07) is 1.86. The maximum Gasteiger partial charge on any atom is 0.405 e. The normalized spacial score (nSPS) is 11.1. The summed E-state index contributed by atoms with van der Waals surface area (Å²) in [6.07, 6.45) is -3.99. The number of hydrogen-bond acceptors (Lipinski definition) is 3. The second kappa shape index (κ2) is 6.39. The monoisotopic (exact) mass is 280 g/mol. The van der Waals surface area contributed by atoms with Crippen molar-refractivity contribution < 1.29 is 22.8 Å². The SMILES string of the molecule is O=C(NCCc1ccsc1)C(=O)NCC(F)(F)F. The van der Waals surface area contributed by atoms with Crippen LogP contribution >= 0.6 is 11.3 Å². The molecule has 2 amide bonds. The first-order valence-corrected chi connectivity index (χ1v) is 5.96. The number of amides is 2. The van der Waals surface area contributed by atoms with Gasteiger partial charge >= 0.3 is 18.0 Å². The molecule has 1 aromatic rings. The van der Waals surface area contributed by atoms with Crippen LogP contribution in [0.5, 0.6) is 0 Å². The number of halogens is 3. The van der Waals surface area contributed by atoms with Gasteiger partial charge in [0.2, 0.25) is 0 Å². The van der Waals surface area contributed by atoms with Crippen molar-refractivity contribution in [1.29, 1.82) is 0 Å². The highest BCUT2D eigenvalue weighted by atomic mass is 32.1. The fourth-order valence-corrected chi connectivity index (χ4v) is 1.80. The number of hydrogen-bond donors (Lipinski definition) is 2. The van der Waals surface area contributed by atoms with Gasteiger partial charge in [0.05, 0.1) is 0 Å². The van der Waals surface area contributed by atoms with Crippen molar-refractivity contribution in [3.63, 3.8) is 0 Å². The lowest BCUT2D eigenvalue weighted by molar-refractivity contribution is -0.146. The summed E-state index contributed by atoms with van der Waals surface area (Å²) >= 11 is 1.50. The zero-order valence-electron chi connectivity index (χ0n) is 9.21. The molecule has 8 heteroatoms. The molecule has 0 aliphatic heterocycles. The van der Waals surface area contributed by atoms with Crippen LogP contribution in [0.2, 0.25) is 0 Å². The molecule has 4 nitrogen and oxygen atoms in total. The second-order valence-corrected chi connectivity index (χ2v) is 4.22. The van der Waals surface area contributed by atoms with E-state index in [4.69, 9.17) is 0 Å². The van der Waals surface area contributed by atoms with E-state index in [1.807, 2.05) is 16.8 Å². The van der Waals surface area contributed by atoms with E-state index in [-0.39, 0.29) is 6.54 Å². The van der Waals surface area contributed by atoms with Crippen LogP contribution in [0.4, 0.5) is 13.2 Å². The molecule has 0 fully saturated rings. The van der Waals surface area contributed by atoms with Crippen molar-refractivity contribution in [2.24, 2.45) is 0 Å². The predicted molar refractivity (Wildman–Crippen MR) is 60.1 cm³/mol. The smallest absolute Gasteiger partial charge is 0.348 e. The fourth-order valence-electron chi connectivity index (χ4n) is 1.10. The standard InChI is InChI=1S/C10H11F3N2O2S/c11-10(12,13)6-15-9(17)8(16)14-3-1-7-2-4-18-5-7/h2,4-5H,1,3,6H2,(H,14,16)(H,15,17). The molecule has 0 radical (unpaired) electrons. The zero-order chi connectivity index (χ0) is 13.6. The Morgan fingerprint density at radius 1 is 1.22 bits per heavy atom. The first kappa shape index (κ1) is 14.5. The van der Waals surface area contributed by atoms with E-state index in [0.717, 1.165) is 5.56 Å². The third kappa shape index (κ3) is 5.67. The van der Waals surface area contributed by atoms with Crippen LogP contribution in [0.1, 0.15) is 5.56 Å². The quantitative estimate of drug-likeness (QED) is 0.811. The van der Waals surface area contributed by atoms with Crippen molar-refractivity contribution in [3.05, 3.63) is 22.4 Å². The second-order valence-electron chi connectivity index (χ2n) is 3.44. The summed E-state index contributed by atoms with van der Waals surface area (Å²) in [6.45, 7) is -1.31. The van der Waals surface area contributed by atoms with Gasteiger partial charge in [-0.15, -0.1) is 0 Å². The molecule has 0 saturated heterocycles. The summed E-state index contributed by atoms with van der Waals surface area (Å²) in [5, 5.41) is 7.49. The largest absolute Gasteiger partial charge is 0.405 e. The maximum absolute atomic E-state index is 11.8. The van der Waals surface area contributed by atoms with Crippen molar-refractivity contribution in [1.82, 2.24) is 10.6 Å². The van der Waals surface area contributed by atoms with Gasteiger partial charge in [-0.3, -0.25) is 9.59 Å². The first-order valence-electron chi connectivity index (χ1n) is 5.02. The van der Waals surface area contributed by atoms with Crippen LogP contribution in [0.3, 0.4) is 0 Å². The number of carbonyl (C=O) groups is 2. The molecule has 0 aliphatic rings. The molecule has 0 unspecified atom stereocenters. The van der Waals surface area contributed by atoms with E-state index in [2.05, 4.69) is 5.32 Å². The number of rotatable bonds is 4. The predicted octanol–water partition coefficient (Wildman–Crippen LogP) is 1.09. The van der Waals surface area contributed by atoms with Gasteiger partial charge in [-0.05, 0) is 28.8 Å². The number of alkyl halides is 3. The Kier molecular flexibility index (Phi) is 5.14. The van der Waals surface area contributed by atoms with Gasteiger partial charge in [0.1, 0.15) is 6.54 Å². The van der Waals surface area contributed by atoms with Crippen molar-refractivity contribution in [2.45, 2.75) is 12.6 Å². The van der Waals surface area contributed by atoms with E-state index in [9.17, 15) is 22.8 Å². The van der Waals surface area contributed by atoms with Gasteiger partial charge in [-0.1, -0.05) is 0 Å². The van der Waals surface area contributed by atoms with Gasteiger partial charge in [0.15, 0.2) is 0 Å². The average molecular weight is 280 g/mol. The maximum atomic E-state index is 11.8. The lowest BCUT2D eigenvalue weighted by Gasteiger charge is -2.08. The van der Waals surface area contributed by atoms with Crippen LogP contribution in [0.25, 0.3) is 0 Å². The molecule has 0 atom stereocenters. The highest BCUT2D eigenvalue weighted by molar-refractivity contribution is 7.07. The van der Waals surface area contributed by atoms with Crippen LogP contribution < -0.4 is 10.6 Å². The van der Waals surface area contributed by atoms with Crippen molar-refractivity contribution in [3.8, 4) is 0 Å². The minimum atomic E-state index is -4.52. The molecule has 18 heavy (non-hydrogen) atoms. The molecule has 0 aliphatic carbocycles. The topological polar surface area (TPSA) is 58.2 Å². The fraction of sp³-hybridized carbons (Fsp3) is 0.400. The minimum absolute atomic E-state index is 0.203. The molecule has 0 saturated carbocycles. The van der Waals surface area contributed by atoms with Gasteiger partial charge < -0.3 is 10.6 Å². The molecular formula is C10H11F3N2O2S. The molecule has 1 rings (SSSR count). The summed E-state index contributed by atoms with van der Waals surface area (Å²) in [5.41, 5.74) is 0.996. The van der Waals surface area contributed by atoms with Gasteiger partial charge in [-0.2, -0.15) is 24.5 Å². The van der Waals surface area contributed by atoms with E-state index >= 15 is 0 Å². The average Bonchev–Trinajstić information content (AvgIpc) is 2.77. The Bertz CT molecular complexity index is 404. The van der Waals surface area contributed by atoms with Gasteiger partial charge in [0.25, 0.3) is 0 Å². The number of thiophene rings is 1.